The lowest BCUT2D eigenvalue weighted by atomic mass is 9.73. The fourth-order valence-corrected chi connectivity index (χ4v) is 3.72. The standard InChI is InChI=1S/C19H21FN2O5/c1-12-6-4-5-9-19(12)17(25)22(18(26)21-19)10-16(24)27-11-15(23)13-7-2-3-8-14(13)20/h2-3,7-8,12H,4-6,9-11H2,1H3,(H,21,26)/t12-,19-/m1/s1. The first-order chi connectivity index (χ1) is 12.8. The zero-order valence-electron chi connectivity index (χ0n) is 15.0. The van der Waals surface area contributed by atoms with Gasteiger partial charge in [-0.05, 0) is 30.9 Å². The SMILES string of the molecule is C[C@@H]1CCCC[C@@]12NC(=O)N(CC(=O)OCC(=O)c1ccccc1F)C2=O. The van der Waals surface area contributed by atoms with E-state index in [9.17, 15) is 23.6 Å². The van der Waals surface area contributed by atoms with Crippen molar-refractivity contribution in [3.05, 3.63) is 35.6 Å². The second-order valence-electron chi connectivity index (χ2n) is 7.00. The van der Waals surface area contributed by atoms with Crippen LogP contribution in [-0.2, 0) is 14.3 Å². The molecule has 3 rings (SSSR count). The van der Waals surface area contributed by atoms with Crippen LogP contribution < -0.4 is 5.32 Å². The van der Waals surface area contributed by atoms with Gasteiger partial charge in [0, 0.05) is 0 Å². The number of ether oxygens (including phenoxy) is 1. The Morgan fingerprint density at radius 2 is 2.04 bits per heavy atom. The monoisotopic (exact) mass is 376 g/mol. The number of imide groups is 1. The van der Waals surface area contributed by atoms with Gasteiger partial charge in [0.25, 0.3) is 5.91 Å². The van der Waals surface area contributed by atoms with E-state index in [2.05, 4.69) is 5.32 Å². The van der Waals surface area contributed by atoms with E-state index in [0.717, 1.165) is 30.2 Å². The summed E-state index contributed by atoms with van der Waals surface area (Å²) in [6.07, 6.45) is 3.18. The number of halogens is 1. The lowest BCUT2D eigenvalue weighted by molar-refractivity contribution is -0.147. The average Bonchev–Trinajstić information content (AvgIpc) is 2.87. The van der Waals surface area contributed by atoms with Crippen LogP contribution in [0.2, 0.25) is 0 Å². The van der Waals surface area contributed by atoms with E-state index in [1.807, 2.05) is 6.92 Å². The van der Waals surface area contributed by atoms with Crippen molar-refractivity contribution in [2.24, 2.45) is 5.92 Å². The molecule has 8 heteroatoms. The smallest absolute Gasteiger partial charge is 0.326 e. The van der Waals surface area contributed by atoms with Crippen LogP contribution in [0.1, 0.15) is 43.0 Å². The van der Waals surface area contributed by atoms with Gasteiger partial charge in [-0.25, -0.2) is 9.18 Å². The summed E-state index contributed by atoms with van der Waals surface area (Å²) in [5.41, 5.74) is -1.14. The molecule has 1 saturated heterocycles. The number of hydrogen-bond donors (Lipinski definition) is 1. The minimum atomic E-state index is -0.960. The summed E-state index contributed by atoms with van der Waals surface area (Å²) in [5, 5.41) is 2.74. The maximum atomic E-state index is 13.6. The molecule has 0 radical (unpaired) electrons. The predicted molar refractivity (Wildman–Crippen MR) is 92.3 cm³/mol. The highest BCUT2D eigenvalue weighted by atomic mass is 19.1. The van der Waals surface area contributed by atoms with E-state index in [-0.39, 0.29) is 11.5 Å². The molecular weight excluding hydrogens is 355 g/mol. The van der Waals surface area contributed by atoms with Crippen molar-refractivity contribution in [3.8, 4) is 0 Å². The number of nitrogens with zero attached hydrogens (tertiary/aromatic N) is 1. The number of rotatable bonds is 5. The van der Waals surface area contributed by atoms with Gasteiger partial charge in [-0.15, -0.1) is 0 Å². The molecule has 1 heterocycles. The Hall–Kier alpha value is -2.77. The number of urea groups is 1. The van der Waals surface area contributed by atoms with E-state index in [4.69, 9.17) is 4.74 Å². The first kappa shape index (κ1) is 19.0. The number of esters is 1. The number of ketones is 1. The number of amides is 3. The third-order valence-corrected chi connectivity index (χ3v) is 5.33. The van der Waals surface area contributed by atoms with Crippen LogP contribution in [-0.4, -0.2) is 47.3 Å². The van der Waals surface area contributed by atoms with E-state index in [0.29, 0.717) is 6.42 Å². The van der Waals surface area contributed by atoms with Crippen LogP contribution in [0.25, 0.3) is 0 Å². The minimum Gasteiger partial charge on any atom is -0.456 e. The maximum Gasteiger partial charge on any atom is 0.326 e. The number of Topliss-reactive ketones (excluding diaryl/α,β-unsaturated/α-hetero) is 1. The number of hydrogen-bond acceptors (Lipinski definition) is 5. The molecule has 2 aliphatic rings. The van der Waals surface area contributed by atoms with Gasteiger partial charge in [-0.1, -0.05) is 31.9 Å². The molecule has 1 saturated carbocycles. The molecule has 1 aromatic rings. The minimum absolute atomic E-state index is 0.0219. The summed E-state index contributed by atoms with van der Waals surface area (Å²) >= 11 is 0. The Labute approximate surface area is 155 Å². The van der Waals surface area contributed by atoms with Gasteiger partial charge in [-0.2, -0.15) is 0 Å². The van der Waals surface area contributed by atoms with Crippen LogP contribution in [0.5, 0.6) is 0 Å². The highest BCUT2D eigenvalue weighted by Gasteiger charge is 2.55. The molecule has 27 heavy (non-hydrogen) atoms. The lowest BCUT2D eigenvalue weighted by Gasteiger charge is -2.36. The Balaban J connectivity index is 1.59. The van der Waals surface area contributed by atoms with Crippen molar-refractivity contribution in [2.45, 2.75) is 38.1 Å². The van der Waals surface area contributed by atoms with Gasteiger partial charge in [0.05, 0.1) is 5.56 Å². The van der Waals surface area contributed by atoms with Crippen LogP contribution in [0.4, 0.5) is 9.18 Å². The lowest BCUT2D eigenvalue weighted by Crippen LogP contribution is -2.54. The van der Waals surface area contributed by atoms with Crippen LogP contribution in [0.3, 0.4) is 0 Å². The highest BCUT2D eigenvalue weighted by Crippen LogP contribution is 2.38. The molecule has 1 aliphatic heterocycles. The second-order valence-corrected chi connectivity index (χ2v) is 7.00. The zero-order valence-corrected chi connectivity index (χ0v) is 15.0. The molecule has 144 valence electrons. The molecule has 3 amide bonds. The van der Waals surface area contributed by atoms with Crippen LogP contribution in [0.15, 0.2) is 24.3 Å². The summed E-state index contributed by atoms with van der Waals surface area (Å²) in [6, 6.07) is 4.73. The topological polar surface area (TPSA) is 92.8 Å². The highest BCUT2D eigenvalue weighted by molar-refractivity contribution is 6.09. The summed E-state index contributed by atoms with van der Waals surface area (Å²) in [4.78, 5) is 49.8. The van der Waals surface area contributed by atoms with Crippen molar-refractivity contribution >= 4 is 23.7 Å². The number of carbonyl (C=O) groups is 4. The van der Waals surface area contributed by atoms with Crippen molar-refractivity contribution < 1.29 is 28.3 Å². The predicted octanol–water partition coefficient (Wildman–Crippen LogP) is 2.05. The van der Waals surface area contributed by atoms with Crippen molar-refractivity contribution in [1.29, 1.82) is 0 Å². The Bertz CT molecular complexity index is 796. The van der Waals surface area contributed by atoms with E-state index in [1.54, 1.807) is 0 Å². The number of benzene rings is 1. The zero-order chi connectivity index (χ0) is 19.6. The maximum absolute atomic E-state index is 13.6. The molecule has 7 nitrogen and oxygen atoms in total. The van der Waals surface area contributed by atoms with Crippen LogP contribution >= 0.6 is 0 Å². The van der Waals surface area contributed by atoms with Gasteiger partial charge in [0.15, 0.2) is 6.61 Å². The molecule has 0 bridgehead atoms. The van der Waals surface area contributed by atoms with Gasteiger partial charge >= 0.3 is 12.0 Å². The fraction of sp³-hybridized carbons (Fsp3) is 0.474. The third-order valence-electron chi connectivity index (χ3n) is 5.33. The molecular formula is C19H21FN2O5. The van der Waals surface area contributed by atoms with E-state index < -0.39 is 48.2 Å². The molecule has 0 aromatic heterocycles. The Kier molecular flexibility index (Phi) is 5.25. The Morgan fingerprint density at radius 1 is 1.30 bits per heavy atom. The molecule has 0 unspecified atom stereocenters. The van der Waals surface area contributed by atoms with E-state index in [1.165, 1.54) is 18.2 Å². The molecule has 1 spiro atoms. The quantitative estimate of drug-likeness (QED) is 0.482. The van der Waals surface area contributed by atoms with Gasteiger partial charge in [0.1, 0.15) is 17.9 Å². The fourth-order valence-electron chi connectivity index (χ4n) is 3.72. The van der Waals surface area contributed by atoms with Crippen molar-refractivity contribution in [1.82, 2.24) is 10.2 Å². The molecule has 1 aliphatic carbocycles. The largest absolute Gasteiger partial charge is 0.456 e. The summed E-state index contributed by atoms with van der Waals surface area (Å²) in [7, 11) is 0. The molecule has 1 aromatic carbocycles. The summed E-state index contributed by atoms with van der Waals surface area (Å²) < 4.78 is 18.4. The first-order valence-corrected chi connectivity index (χ1v) is 8.92. The Morgan fingerprint density at radius 3 is 2.74 bits per heavy atom. The summed E-state index contributed by atoms with van der Waals surface area (Å²) in [5.74, 6) is -2.76. The van der Waals surface area contributed by atoms with Crippen LogP contribution in [0, 0.1) is 11.7 Å². The normalized spacial score (nSPS) is 24.8. The first-order valence-electron chi connectivity index (χ1n) is 8.92. The van der Waals surface area contributed by atoms with Gasteiger partial charge < -0.3 is 10.1 Å². The third kappa shape index (κ3) is 3.56. The van der Waals surface area contributed by atoms with Gasteiger partial charge in [-0.3, -0.25) is 19.3 Å². The molecule has 2 atom stereocenters. The number of carbonyl (C=O) groups excluding carboxylic acids is 4. The van der Waals surface area contributed by atoms with E-state index >= 15 is 0 Å². The van der Waals surface area contributed by atoms with Crippen molar-refractivity contribution in [3.63, 3.8) is 0 Å². The van der Waals surface area contributed by atoms with Gasteiger partial charge in [0.2, 0.25) is 5.78 Å². The summed E-state index contributed by atoms with van der Waals surface area (Å²) in [6.45, 7) is 0.668. The second kappa shape index (κ2) is 7.46. The number of nitrogens with one attached hydrogen (secondary N) is 1. The average molecular weight is 376 g/mol. The molecule has 2 fully saturated rings. The molecule has 1 N–H and O–H groups in total. The van der Waals surface area contributed by atoms with Crippen molar-refractivity contribution in [2.75, 3.05) is 13.2 Å².